The molecule has 7 heteroatoms. The summed E-state index contributed by atoms with van der Waals surface area (Å²) in [6.07, 6.45) is 7.08. The van der Waals surface area contributed by atoms with Gasteiger partial charge in [0.15, 0.2) is 5.43 Å². The number of nitrogens with one attached hydrogen (secondary N) is 1. The lowest BCUT2D eigenvalue weighted by Gasteiger charge is -2.00. The van der Waals surface area contributed by atoms with Crippen LogP contribution in [0.3, 0.4) is 0 Å². The van der Waals surface area contributed by atoms with Crippen LogP contribution < -0.4 is 10.7 Å². The number of aromatic nitrogens is 2. The Morgan fingerprint density at radius 2 is 2.19 bits per heavy atom. The molecule has 3 rings (SSSR count). The van der Waals surface area contributed by atoms with Crippen LogP contribution in [0.4, 0.5) is 5.13 Å². The molecule has 0 fully saturated rings. The first-order chi connectivity index (χ1) is 12.6. The van der Waals surface area contributed by atoms with Crippen LogP contribution in [0.1, 0.15) is 35.9 Å². The fraction of sp³-hybridized carbons (Fsp3) is 0.263. The van der Waals surface area contributed by atoms with Gasteiger partial charge in [0, 0.05) is 12.5 Å². The Morgan fingerprint density at radius 3 is 3.00 bits per heavy atom. The van der Waals surface area contributed by atoms with Crippen molar-refractivity contribution in [1.29, 1.82) is 0 Å². The maximum Gasteiger partial charge on any atom is 0.250 e. The van der Waals surface area contributed by atoms with Crippen LogP contribution in [0, 0.1) is 6.92 Å². The number of hydrogen-bond acceptors (Lipinski definition) is 6. The molecule has 2 aromatic heterocycles. The molecule has 0 saturated carbocycles. The number of carbonyl (C=O) groups excluding carboxylic acids is 1. The predicted molar refractivity (Wildman–Crippen MR) is 103 cm³/mol. The van der Waals surface area contributed by atoms with Crippen LogP contribution in [0.2, 0.25) is 0 Å². The van der Waals surface area contributed by atoms with Gasteiger partial charge in [0.05, 0.1) is 10.9 Å². The first kappa shape index (κ1) is 18.0. The Balaban J connectivity index is 1.72. The number of carbonyl (C=O) groups is 1. The Kier molecular flexibility index (Phi) is 5.58. The molecule has 0 bridgehead atoms. The number of unbranched alkanes of at least 4 members (excludes halogenated alkanes) is 1. The normalized spacial score (nSPS) is 11.3. The van der Waals surface area contributed by atoms with Gasteiger partial charge in [-0.05, 0) is 31.6 Å². The molecule has 134 valence electrons. The average molecular weight is 369 g/mol. The molecule has 0 unspecified atom stereocenters. The van der Waals surface area contributed by atoms with Crippen molar-refractivity contribution in [1.82, 2.24) is 10.2 Å². The molecule has 6 nitrogen and oxygen atoms in total. The van der Waals surface area contributed by atoms with Crippen LogP contribution in [0.5, 0.6) is 0 Å². The first-order valence-electron chi connectivity index (χ1n) is 8.40. The number of nitrogens with zero attached hydrogens (tertiary/aromatic N) is 2. The Morgan fingerprint density at radius 1 is 1.35 bits per heavy atom. The van der Waals surface area contributed by atoms with E-state index in [2.05, 4.69) is 22.4 Å². The van der Waals surface area contributed by atoms with Gasteiger partial charge in [0.2, 0.25) is 11.0 Å². The van der Waals surface area contributed by atoms with E-state index in [-0.39, 0.29) is 11.3 Å². The average Bonchev–Trinajstić information content (AvgIpc) is 3.07. The lowest BCUT2D eigenvalue weighted by molar-refractivity contribution is -0.111. The molecule has 0 spiro atoms. The number of anilines is 1. The van der Waals surface area contributed by atoms with Gasteiger partial charge in [-0.1, -0.05) is 36.3 Å². The molecule has 0 atom stereocenters. The van der Waals surface area contributed by atoms with Gasteiger partial charge in [-0.25, -0.2) is 0 Å². The number of hydrogen-bond donors (Lipinski definition) is 1. The molecule has 1 amide bonds. The molecule has 0 aliphatic rings. The van der Waals surface area contributed by atoms with Crippen LogP contribution in [-0.2, 0) is 11.2 Å². The number of fused-ring (bicyclic) bond motifs is 1. The number of rotatable bonds is 6. The van der Waals surface area contributed by atoms with Crippen molar-refractivity contribution in [2.75, 3.05) is 5.32 Å². The quantitative estimate of drug-likeness (QED) is 0.665. The summed E-state index contributed by atoms with van der Waals surface area (Å²) in [4.78, 5) is 24.5. The second-order valence-electron chi connectivity index (χ2n) is 5.95. The molecular weight excluding hydrogens is 350 g/mol. The highest BCUT2D eigenvalue weighted by Crippen LogP contribution is 2.17. The SMILES string of the molecule is CCCCc1nnc(NC(=O)/C=C/c2coc3ccc(C)cc3c2=O)s1. The van der Waals surface area contributed by atoms with Crippen LogP contribution >= 0.6 is 11.3 Å². The third-order valence-corrected chi connectivity index (χ3v) is 4.71. The second kappa shape index (κ2) is 8.05. The summed E-state index contributed by atoms with van der Waals surface area (Å²) in [7, 11) is 0. The molecule has 1 aromatic carbocycles. The van der Waals surface area contributed by atoms with Crippen LogP contribution in [-0.4, -0.2) is 16.1 Å². The van der Waals surface area contributed by atoms with E-state index < -0.39 is 0 Å². The molecule has 0 aliphatic heterocycles. The van der Waals surface area contributed by atoms with Crippen molar-refractivity contribution in [3.63, 3.8) is 0 Å². The van der Waals surface area contributed by atoms with E-state index in [1.54, 1.807) is 12.1 Å². The minimum absolute atomic E-state index is 0.170. The Bertz CT molecular complexity index is 1020. The highest BCUT2D eigenvalue weighted by molar-refractivity contribution is 7.15. The zero-order valence-corrected chi connectivity index (χ0v) is 15.4. The van der Waals surface area contributed by atoms with Gasteiger partial charge in [0.25, 0.3) is 0 Å². The molecule has 0 aliphatic carbocycles. The van der Waals surface area contributed by atoms with Gasteiger partial charge >= 0.3 is 0 Å². The summed E-state index contributed by atoms with van der Waals surface area (Å²) >= 11 is 1.36. The van der Waals surface area contributed by atoms with Crippen molar-refractivity contribution in [3.05, 3.63) is 56.9 Å². The van der Waals surface area contributed by atoms with Crippen molar-refractivity contribution >= 4 is 39.4 Å². The highest BCUT2D eigenvalue weighted by atomic mass is 32.1. The van der Waals surface area contributed by atoms with Crippen molar-refractivity contribution in [2.45, 2.75) is 33.1 Å². The van der Waals surface area contributed by atoms with Crippen LogP contribution in [0.15, 0.2) is 39.7 Å². The lowest BCUT2D eigenvalue weighted by atomic mass is 10.1. The number of aryl methyl sites for hydroxylation is 2. The van der Waals surface area contributed by atoms with Gasteiger partial charge in [-0.15, -0.1) is 10.2 Å². The molecule has 2 heterocycles. The molecule has 0 saturated heterocycles. The minimum Gasteiger partial charge on any atom is -0.463 e. The molecular formula is C19H19N3O3S. The molecule has 3 aromatic rings. The monoisotopic (exact) mass is 369 g/mol. The Hall–Kier alpha value is -2.80. The van der Waals surface area contributed by atoms with E-state index in [4.69, 9.17) is 4.42 Å². The summed E-state index contributed by atoms with van der Waals surface area (Å²) in [6, 6.07) is 5.42. The third-order valence-electron chi connectivity index (χ3n) is 3.81. The molecule has 0 radical (unpaired) electrons. The molecule has 26 heavy (non-hydrogen) atoms. The van der Waals surface area contributed by atoms with E-state index in [9.17, 15) is 9.59 Å². The van der Waals surface area contributed by atoms with E-state index >= 15 is 0 Å². The summed E-state index contributed by atoms with van der Waals surface area (Å²) in [6.45, 7) is 4.02. The zero-order chi connectivity index (χ0) is 18.5. The first-order valence-corrected chi connectivity index (χ1v) is 9.22. The summed E-state index contributed by atoms with van der Waals surface area (Å²) in [5, 5.41) is 12.5. The fourth-order valence-electron chi connectivity index (χ4n) is 2.42. The fourth-order valence-corrected chi connectivity index (χ4v) is 3.21. The second-order valence-corrected chi connectivity index (χ2v) is 7.01. The largest absolute Gasteiger partial charge is 0.463 e. The zero-order valence-electron chi connectivity index (χ0n) is 14.6. The van der Waals surface area contributed by atoms with Gasteiger partial charge < -0.3 is 4.42 Å². The number of benzene rings is 1. The summed E-state index contributed by atoms with van der Waals surface area (Å²) in [5.41, 5.74) is 1.64. The van der Waals surface area contributed by atoms with Gasteiger partial charge in [-0.3, -0.25) is 14.9 Å². The predicted octanol–water partition coefficient (Wildman–Crippen LogP) is 3.95. The Labute approximate surface area is 154 Å². The summed E-state index contributed by atoms with van der Waals surface area (Å²) in [5.74, 6) is -0.369. The van der Waals surface area contributed by atoms with E-state index in [1.165, 1.54) is 29.8 Å². The van der Waals surface area contributed by atoms with Gasteiger partial charge in [-0.2, -0.15) is 0 Å². The van der Waals surface area contributed by atoms with Gasteiger partial charge in [0.1, 0.15) is 16.9 Å². The van der Waals surface area contributed by atoms with Crippen LogP contribution in [0.25, 0.3) is 17.0 Å². The number of amides is 1. The third kappa shape index (κ3) is 4.23. The van der Waals surface area contributed by atoms with Crippen molar-refractivity contribution < 1.29 is 9.21 Å². The molecule has 1 N–H and O–H groups in total. The van der Waals surface area contributed by atoms with E-state index in [0.29, 0.717) is 21.7 Å². The summed E-state index contributed by atoms with van der Waals surface area (Å²) < 4.78 is 5.47. The minimum atomic E-state index is -0.369. The lowest BCUT2D eigenvalue weighted by Crippen LogP contribution is -2.09. The topological polar surface area (TPSA) is 85.1 Å². The van der Waals surface area contributed by atoms with E-state index in [1.807, 2.05) is 13.0 Å². The maximum absolute atomic E-state index is 12.5. The van der Waals surface area contributed by atoms with Crippen molar-refractivity contribution in [3.8, 4) is 0 Å². The highest BCUT2D eigenvalue weighted by Gasteiger charge is 2.08. The van der Waals surface area contributed by atoms with Crippen molar-refractivity contribution in [2.24, 2.45) is 0 Å². The van der Waals surface area contributed by atoms with E-state index in [0.717, 1.165) is 29.8 Å². The smallest absolute Gasteiger partial charge is 0.250 e. The maximum atomic E-state index is 12.5. The standard InChI is InChI=1S/C19H19N3O3S/c1-3-4-5-17-21-22-19(26-17)20-16(23)9-7-13-11-25-15-8-6-12(2)10-14(15)18(13)24/h6-11H,3-5H2,1-2H3,(H,20,22,23)/b9-7+.